The van der Waals surface area contributed by atoms with E-state index in [0.29, 0.717) is 17.3 Å². The fraction of sp³-hybridized carbons (Fsp3) is 0.500. The van der Waals surface area contributed by atoms with Gasteiger partial charge >= 0.3 is 0 Å². The molecule has 134 valence electrons. The van der Waals surface area contributed by atoms with Crippen molar-refractivity contribution in [2.45, 2.75) is 36.8 Å². The highest BCUT2D eigenvalue weighted by atomic mass is 32.2. The third kappa shape index (κ3) is 3.98. The smallest absolute Gasteiger partial charge is 0.234 e. The number of amides is 1. The Morgan fingerprint density at radius 3 is 2.88 bits per heavy atom. The maximum absolute atomic E-state index is 14.1. The van der Waals surface area contributed by atoms with E-state index in [4.69, 9.17) is 0 Å². The SMILES string of the molecule is CC(C)(C)n1nnnc1SCC(=O)N1CCS[C@@H]1c1ccccc1F. The van der Waals surface area contributed by atoms with E-state index in [9.17, 15) is 9.18 Å². The molecular formula is C16H20FN5OS2. The third-order valence-corrected chi connectivity index (χ3v) is 5.93. The van der Waals surface area contributed by atoms with Gasteiger partial charge in [0.1, 0.15) is 11.2 Å². The molecular weight excluding hydrogens is 361 g/mol. The van der Waals surface area contributed by atoms with Crippen LogP contribution in [-0.2, 0) is 10.3 Å². The molecule has 2 heterocycles. The van der Waals surface area contributed by atoms with Gasteiger partial charge in [-0.1, -0.05) is 30.0 Å². The Hall–Kier alpha value is -1.61. The van der Waals surface area contributed by atoms with Crippen molar-refractivity contribution in [1.29, 1.82) is 0 Å². The lowest BCUT2D eigenvalue weighted by Gasteiger charge is -2.24. The minimum absolute atomic E-state index is 0.0355. The topological polar surface area (TPSA) is 63.9 Å². The van der Waals surface area contributed by atoms with Crippen molar-refractivity contribution in [3.05, 3.63) is 35.6 Å². The molecule has 0 N–H and O–H groups in total. The Labute approximate surface area is 154 Å². The van der Waals surface area contributed by atoms with Crippen molar-refractivity contribution in [1.82, 2.24) is 25.1 Å². The molecule has 0 aliphatic carbocycles. The number of tetrazole rings is 1. The number of aromatic nitrogens is 4. The van der Waals surface area contributed by atoms with Gasteiger partial charge in [0, 0.05) is 17.9 Å². The molecule has 3 rings (SSSR count). The van der Waals surface area contributed by atoms with Gasteiger partial charge in [-0.05, 0) is 37.3 Å². The highest BCUT2D eigenvalue weighted by molar-refractivity contribution is 8.00. The molecule has 0 bridgehead atoms. The maximum Gasteiger partial charge on any atom is 0.234 e. The highest BCUT2D eigenvalue weighted by Gasteiger charge is 2.32. The second kappa shape index (κ2) is 7.33. The zero-order valence-corrected chi connectivity index (χ0v) is 16.0. The van der Waals surface area contributed by atoms with E-state index in [2.05, 4.69) is 15.5 Å². The molecule has 9 heteroatoms. The molecule has 0 radical (unpaired) electrons. The Morgan fingerprint density at radius 2 is 2.16 bits per heavy atom. The molecule has 1 aromatic carbocycles. The number of nitrogens with zero attached hydrogens (tertiary/aromatic N) is 5. The van der Waals surface area contributed by atoms with Gasteiger partial charge in [0.05, 0.1) is 11.3 Å². The second-order valence-corrected chi connectivity index (χ2v) is 8.80. The van der Waals surface area contributed by atoms with Crippen LogP contribution in [-0.4, -0.2) is 49.1 Å². The van der Waals surface area contributed by atoms with Crippen molar-refractivity contribution in [3.8, 4) is 0 Å². The van der Waals surface area contributed by atoms with Crippen LogP contribution in [0.2, 0.25) is 0 Å². The van der Waals surface area contributed by atoms with Crippen LogP contribution in [0.3, 0.4) is 0 Å². The van der Waals surface area contributed by atoms with Crippen LogP contribution in [0.4, 0.5) is 4.39 Å². The van der Waals surface area contributed by atoms with Crippen LogP contribution in [0.25, 0.3) is 0 Å². The number of halogens is 1. The molecule has 0 unspecified atom stereocenters. The summed E-state index contributed by atoms with van der Waals surface area (Å²) in [6.45, 7) is 6.62. The standard InChI is InChI=1S/C16H20FN5OS2/c1-16(2,3)22-15(18-19-20-22)25-10-13(23)21-8-9-24-14(21)11-6-4-5-7-12(11)17/h4-7,14H,8-10H2,1-3H3/t14-/m1/s1. The summed E-state index contributed by atoms with van der Waals surface area (Å²) in [4.78, 5) is 14.4. The van der Waals surface area contributed by atoms with Gasteiger partial charge in [-0.25, -0.2) is 9.07 Å². The van der Waals surface area contributed by atoms with Crippen molar-refractivity contribution in [2.75, 3.05) is 18.1 Å². The van der Waals surface area contributed by atoms with E-state index in [1.54, 1.807) is 39.5 Å². The number of benzene rings is 1. The predicted octanol–water partition coefficient (Wildman–Crippen LogP) is 2.93. The van der Waals surface area contributed by atoms with E-state index >= 15 is 0 Å². The van der Waals surface area contributed by atoms with Crippen LogP contribution in [0, 0.1) is 5.82 Å². The Kier molecular flexibility index (Phi) is 5.33. The van der Waals surface area contributed by atoms with Crippen LogP contribution in [0.15, 0.2) is 29.4 Å². The van der Waals surface area contributed by atoms with E-state index in [1.165, 1.54) is 17.8 Å². The molecule has 1 aliphatic rings. The first-order valence-electron chi connectivity index (χ1n) is 7.95. The summed E-state index contributed by atoms with van der Waals surface area (Å²) in [6, 6.07) is 6.63. The number of hydrogen-bond donors (Lipinski definition) is 0. The fourth-order valence-corrected chi connectivity index (χ4v) is 4.80. The quantitative estimate of drug-likeness (QED) is 0.759. The van der Waals surface area contributed by atoms with E-state index < -0.39 is 0 Å². The lowest BCUT2D eigenvalue weighted by molar-refractivity contribution is -0.128. The average Bonchev–Trinajstić information content (AvgIpc) is 3.21. The number of hydrogen-bond acceptors (Lipinski definition) is 6. The van der Waals surface area contributed by atoms with Gasteiger partial charge in [-0.15, -0.1) is 16.9 Å². The maximum atomic E-state index is 14.1. The lowest BCUT2D eigenvalue weighted by Crippen LogP contribution is -2.32. The van der Waals surface area contributed by atoms with Crippen molar-refractivity contribution < 1.29 is 9.18 Å². The number of carbonyl (C=O) groups excluding carboxylic acids is 1. The summed E-state index contributed by atoms with van der Waals surface area (Å²) in [5.74, 6) is 0.715. The first-order valence-corrected chi connectivity index (χ1v) is 9.98. The zero-order valence-electron chi connectivity index (χ0n) is 14.3. The molecule has 1 saturated heterocycles. The largest absolute Gasteiger partial charge is 0.325 e. The zero-order chi connectivity index (χ0) is 18.0. The van der Waals surface area contributed by atoms with Gasteiger partial charge in [0.15, 0.2) is 0 Å². The minimum atomic E-state index is -0.274. The van der Waals surface area contributed by atoms with Gasteiger partial charge in [-0.2, -0.15) is 0 Å². The highest BCUT2D eigenvalue weighted by Crippen LogP contribution is 2.39. The summed E-state index contributed by atoms with van der Waals surface area (Å²) < 4.78 is 15.8. The van der Waals surface area contributed by atoms with E-state index in [0.717, 1.165) is 5.75 Å². The van der Waals surface area contributed by atoms with E-state index in [-0.39, 0.29) is 28.4 Å². The van der Waals surface area contributed by atoms with Crippen molar-refractivity contribution >= 4 is 29.4 Å². The van der Waals surface area contributed by atoms with Crippen LogP contribution in [0.5, 0.6) is 0 Å². The summed E-state index contributed by atoms with van der Waals surface area (Å²) in [6.07, 6.45) is 0. The first-order chi connectivity index (χ1) is 11.9. The normalized spacial score (nSPS) is 17.9. The molecule has 2 aromatic rings. The molecule has 1 fully saturated rings. The Morgan fingerprint density at radius 1 is 1.40 bits per heavy atom. The third-order valence-electron chi connectivity index (χ3n) is 3.78. The van der Waals surface area contributed by atoms with Gasteiger partial charge in [0.25, 0.3) is 0 Å². The summed E-state index contributed by atoms with van der Waals surface area (Å²) in [5, 5.41) is 12.0. The summed E-state index contributed by atoms with van der Waals surface area (Å²) >= 11 is 2.90. The van der Waals surface area contributed by atoms with E-state index in [1.807, 2.05) is 20.8 Å². The van der Waals surface area contributed by atoms with Gasteiger partial charge in [0.2, 0.25) is 11.1 Å². The number of carbonyl (C=O) groups is 1. The van der Waals surface area contributed by atoms with Gasteiger partial charge < -0.3 is 4.90 Å². The summed E-state index contributed by atoms with van der Waals surface area (Å²) in [7, 11) is 0. The molecule has 1 amide bonds. The van der Waals surface area contributed by atoms with Crippen molar-refractivity contribution in [3.63, 3.8) is 0 Å². The number of rotatable bonds is 4. The predicted molar refractivity (Wildman–Crippen MR) is 96.8 cm³/mol. The van der Waals surface area contributed by atoms with Crippen LogP contribution >= 0.6 is 23.5 Å². The minimum Gasteiger partial charge on any atom is -0.325 e. The average molecular weight is 382 g/mol. The molecule has 25 heavy (non-hydrogen) atoms. The Balaban J connectivity index is 1.69. The number of thioether (sulfide) groups is 2. The molecule has 0 saturated carbocycles. The molecule has 1 aromatic heterocycles. The van der Waals surface area contributed by atoms with Crippen LogP contribution in [0.1, 0.15) is 31.7 Å². The van der Waals surface area contributed by atoms with Crippen molar-refractivity contribution in [2.24, 2.45) is 0 Å². The summed E-state index contributed by atoms with van der Waals surface area (Å²) in [5.41, 5.74) is 0.302. The second-order valence-electron chi connectivity index (χ2n) is 6.66. The Bertz CT molecular complexity index is 761. The molecule has 1 atom stereocenters. The first kappa shape index (κ1) is 18.2. The molecule has 1 aliphatic heterocycles. The van der Waals surface area contributed by atoms with Gasteiger partial charge in [-0.3, -0.25) is 4.79 Å². The monoisotopic (exact) mass is 381 g/mol. The molecule has 0 spiro atoms. The van der Waals surface area contributed by atoms with Crippen LogP contribution < -0.4 is 0 Å². The molecule has 6 nitrogen and oxygen atoms in total. The fourth-order valence-electron chi connectivity index (χ4n) is 2.56. The lowest BCUT2D eigenvalue weighted by atomic mass is 10.1.